The quantitative estimate of drug-likeness (QED) is 0.589. The minimum absolute atomic E-state index is 0.448. The molecular weight excluding hydrogens is 200 g/mol. The first-order chi connectivity index (χ1) is 7.76. The fourth-order valence-corrected chi connectivity index (χ4v) is 1.22. The zero-order valence-electron chi connectivity index (χ0n) is 9.40. The second-order valence-corrected chi connectivity index (χ2v) is 3.44. The van der Waals surface area contributed by atoms with Crippen molar-refractivity contribution in [3.8, 4) is 6.07 Å². The van der Waals surface area contributed by atoms with Crippen LogP contribution < -0.4 is 11.1 Å². The van der Waals surface area contributed by atoms with Crippen molar-refractivity contribution in [2.75, 3.05) is 6.54 Å². The van der Waals surface area contributed by atoms with Gasteiger partial charge in [-0.25, -0.2) is 4.99 Å². The van der Waals surface area contributed by atoms with Crippen LogP contribution >= 0.6 is 0 Å². The Morgan fingerprint density at radius 2 is 2.38 bits per heavy atom. The highest BCUT2D eigenvalue weighted by Crippen LogP contribution is 2.05. The van der Waals surface area contributed by atoms with Crippen LogP contribution in [0.5, 0.6) is 0 Å². The van der Waals surface area contributed by atoms with Crippen LogP contribution in [0, 0.1) is 11.3 Å². The smallest absolute Gasteiger partial charge is 0.188 e. The molecule has 0 aliphatic carbocycles. The van der Waals surface area contributed by atoms with Gasteiger partial charge in [0, 0.05) is 6.54 Å². The van der Waals surface area contributed by atoms with E-state index in [-0.39, 0.29) is 0 Å². The van der Waals surface area contributed by atoms with Gasteiger partial charge in [0.05, 0.1) is 18.2 Å². The molecule has 16 heavy (non-hydrogen) atoms. The number of hydrogen-bond donors (Lipinski definition) is 2. The van der Waals surface area contributed by atoms with Crippen molar-refractivity contribution in [3.05, 3.63) is 35.4 Å². The van der Waals surface area contributed by atoms with Crippen molar-refractivity contribution in [1.82, 2.24) is 5.32 Å². The standard InChI is InChI=1S/C12H16N4/c1-2-6-15-12(14)16-9-11-5-3-4-10(7-11)8-13/h3-5,7H,2,6,9H2,1H3,(H3,14,15,16). The molecule has 0 fully saturated rings. The van der Waals surface area contributed by atoms with Gasteiger partial charge in [-0.3, -0.25) is 0 Å². The van der Waals surface area contributed by atoms with Gasteiger partial charge >= 0.3 is 0 Å². The normalized spacial score (nSPS) is 10.9. The SMILES string of the molecule is CCCNC(N)=NCc1cccc(C#N)c1. The summed E-state index contributed by atoms with van der Waals surface area (Å²) in [6.07, 6.45) is 1.01. The third-order valence-electron chi connectivity index (χ3n) is 2.04. The van der Waals surface area contributed by atoms with E-state index in [1.54, 1.807) is 6.07 Å². The minimum atomic E-state index is 0.448. The monoisotopic (exact) mass is 216 g/mol. The molecule has 0 saturated carbocycles. The van der Waals surface area contributed by atoms with Gasteiger partial charge in [-0.05, 0) is 24.1 Å². The van der Waals surface area contributed by atoms with E-state index in [1.165, 1.54) is 0 Å². The van der Waals surface area contributed by atoms with E-state index >= 15 is 0 Å². The second kappa shape index (κ2) is 6.46. The number of guanidine groups is 1. The number of nitrogens with one attached hydrogen (secondary N) is 1. The fraction of sp³-hybridized carbons (Fsp3) is 0.333. The number of nitrogens with zero attached hydrogens (tertiary/aromatic N) is 2. The fourth-order valence-electron chi connectivity index (χ4n) is 1.22. The molecule has 0 bridgehead atoms. The summed E-state index contributed by atoms with van der Waals surface area (Å²) in [5.41, 5.74) is 7.28. The first-order valence-corrected chi connectivity index (χ1v) is 5.29. The molecule has 0 aliphatic heterocycles. The molecular formula is C12H16N4. The lowest BCUT2D eigenvalue weighted by Crippen LogP contribution is -2.32. The molecule has 0 unspecified atom stereocenters. The Hall–Kier alpha value is -2.02. The van der Waals surface area contributed by atoms with Crippen molar-refractivity contribution in [2.24, 2.45) is 10.7 Å². The number of rotatable bonds is 4. The highest BCUT2D eigenvalue weighted by Gasteiger charge is 1.95. The lowest BCUT2D eigenvalue weighted by atomic mass is 10.1. The molecule has 4 nitrogen and oxygen atoms in total. The van der Waals surface area contributed by atoms with Gasteiger partial charge in [0.25, 0.3) is 0 Å². The molecule has 0 aromatic heterocycles. The molecule has 0 heterocycles. The van der Waals surface area contributed by atoms with Crippen LogP contribution in [0.15, 0.2) is 29.3 Å². The summed E-state index contributed by atoms with van der Waals surface area (Å²) >= 11 is 0. The van der Waals surface area contributed by atoms with Crippen molar-refractivity contribution in [1.29, 1.82) is 5.26 Å². The second-order valence-electron chi connectivity index (χ2n) is 3.44. The molecule has 0 saturated heterocycles. The maximum absolute atomic E-state index is 8.73. The molecule has 4 heteroatoms. The predicted molar refractivity (Wildman–Crippen MR) is 64.8 cm³/mol. The van der Waals surface area contributed by atoms with Crippen molar-refractivity contribution in [3.63, 3.8) is 0 Å². The molecule has 0 spiro atoms. The van der Waals surface area contributed by atoms with Crippen LogP contribution in [0.25, 0.3) is 0 Å². The number of nitrogens with two attached hydrogens (primary N) is 1. The van der Waals surface area contributed by atoms with Crippen molar-refractivity contribution >= 4 is 5.96 Å². The number of nitriles is 1. The van der Waals surface area contributed by atoms with Crippen molar-refractivity contribution in [2.45, 2.75) is 19.9 Å². The molecule has 0 aliphatic rings. The topological polar surface area (TPSA) is 74.2 Å². The Morgan fingerprint density at radius 3 is 3.06 bits per heavy atom. The van der Waals surface area contributed by atoms with Gasteiger partial charge in [0.2, 0.25) is 0 Å². The summed E-state index contributed by atoms with van der Waals surface area (Å²) in [7, 11) is 0. The summed E-state index contributed by atoms with van der Waals surface area (Å²) in [5.74, 6) is 0.448. The molecule has 0 amide bonds. The van der Waals surface area contributed by atoms with E-state index in [0.717, 1.165) is 18.5 Å². The van der Waals surface area contributed by atoms with E-state index in [2.05, 4.69) is 23.3 Å². The summed E-state index contributed by atoms with van der Waals surface area (Å²) < 4.78 is 0. The summed E-state index contributed by atoms with van der Waals surface area (Å²) in [6.45, 7) is 3.39. The van der Waals surface area contributed by atoms with Crippen LogP contribution in [0.1, 0.15) is 24.5 Å². The predicted octanol–water partition coefficient (Wildman–Crippen LogP) is 1.37. The van der Waals surface area contributed by atoms with E-state index in [9.17, 15) is 0 Å². The van der Waals surface area contributed by atoms with Gasteiger partial charge < -0.3 is 11.1 Å². The van der Waals surface area contributed by atoms with Gasteiger partial charge in [0.1, 0.15) is 0 Å². The van der Waals surface area contributed by atoms with Crippen molar-refractivity contribution < 1.29 is 0 Å². The number of aliphatic imine (C=N–C) groups is 1. The van der Waals surface area contributed by atoms with E-state index in [1.807, 2.05) is 18.2 Å². The average Bonchev–Trinajstić information content (AvgIpc) is 2.34. The maximum Gasteiger partial charge on any atom is 0.188 e. The molecule has 1 aromatic carbocycles. The molecule has 84 valence electrons. The molecule has 0 atom stereocenters. The van der Waals surface area contributed by atoms with Gasteiger partial charge in [0.15, 0.2) is 5.96 Å². The largest absolute Gasteiger partial charge is 0.370 e. The van der Waals surface area contributed by atoms with Gasteiger partial charge in [-0.15, -0.1) is 0 Å². The number of benzene rings is 1. The highest BCUT2D eigenvalue weighted by molar-refractivity contribution is 5.77. The highest BCUT2D eigenvalue weighted by atomic mass is 15.1. The first kappa shape index (κ1) is 12.1. The Morgan fingerprint density at radius 1 is 1.56 bits per heavy atom. The number of hydrogen-bond acceptors (Lipinski definition) is 2. The summed E-state index contributed by atoms with van der Waals surface area (Å²) in [5, 5.41) is 11.7. The zero-order chi connectivity index (χ0) is 11.8. The van der Waals surface area contributed by atoms with Crippen LogP contribution in [0.2, 0.25) is 0 Å². The van der Waals surface area contributed by atoms with Crippen LogP contribution in [0.3, 0.4) is 0 Å². The minimum Gasteiger partial charge on any atom is -0.370 e. The Kier molecular flexibility index (Phi) is 4.87. The average molecular weight is 216 g/mol. The van der Waals surface area contributed by atoms with Gasteiger partial charge in [-0.2, -0.15) is 5.26 Å². The van der Waals surface area contributed by atoms with E-state index in [0.29, 0.717) is 18.1 Å². The third-order valence-corrected chi connectivity index (χ3v) is 2.04. The third kappa shape index (κ3) is 4.01. The van der Waals surface area contributed by atoms with Gasteiger partial charge in [-0.1, -0.05) is 19.1 Å². The Balaban J connectivity index is 2.57. The van der Waals surface area contributed by atoms with E-state index in [4.69, 9.17) is 11.0 Å². The van der Waals surface area contributed by atoms with E-state index < -0.39 is 0 Å². The van der Waals surface area contributed by atoms with Crippen LogP contribution in [0.4, 0.5) is 0 Å². The summed E-state index contributed by atoms with van der Waals surface area (Å²) in [4.78, 5) is 4.18. The lowest BCUT2D eigenvalue weighted by Gasteiger charge is -2.03. The maximum atomic E-state index is 8.73. The molecule has 3 N–H and O–H groups in total. The molecule has 0 radical (unpaired) electrons. The zero-order valence-corrected chi connectivity index (χ0v) is 9.40. The Bertz CT molecular complexity index is 404. The first-order valence-electron chi connectivity index (χ1n) is 5.29. The summed E-state index contributed by atoms with van der Waals surface area (Å²) in [6, 6.07) is 9.45. The van der Waals surface area contributed by atoms with Crippen LogP contribution in [-0.4, -0.2) is 12.5 Å². The molecule has 1 aromatic rings. The van der Waals surface area contributed by atoms with Crippen LogP contribution in [-0.2, 0) is 6.54 Å². The Labute approximate surface area is 95.8 Å². The molecule has 1 rings (SSSR count). The lowest BCUT2D eigenvalue weighted by molar-refractivity contribution is 0.825.